The molecule has 0 bridgehead atoms. The normalized spacial score (nSPS) is 11.1. The number of pyridine rings is 1. The molecule has 0 saturated heterocycles. The number of nitrogens with one attached hydrogen (secondary N) is 1. The van der Waals surface area contributed by atoms with Crippen molar-refractivity contribution in [2.24, 2.45) is 0 Å². The van der Waals surface area contributed by atoms with Crippen molar-refractivity contribution in [3.8, 4) is 29.0 Å². The van der Waals surface area contributed by atoms with Crippen molar-refractivity contribution in [1.82, 2.24) is 9.97 Å². The maximum Gasteiger partial charge on any atom is 0.183 e. The van der Waals surface area contributed by atoms with Gasteiger partial charge in [0, 0.05) is 28.4 Å². The van der Waals surface area contributed by atoms with Crippen LogP contribution in [0.3, 0.4) is 0 Å². The largest absolute Gasteiger partial charge is 0.490 e. The van der Waals surface area contributed by atoms with E-state index in [4.69, 9.17) is 19.7 Å². The molecule has 0 spiro atoms. The minimum Gasteiger partial charge on any atom is -0.490 e. The first-order valence-electron chi connectivity index (χ1n) is 9.22. The van der Waals surface area contributed by atoms with Gasteiger partial charge in [-0.2, -0.15) is 5.26 Å². The van der Waals surface area contributed by atoms with E-state index in [-0.39, 0.29) is 12.7 Å². The van der Waals surface area contributed by atoms with Crippen molar-refractivity contribution in [1.29, 1.82) is 5.26 Å². The molecule has 3 rings (SSSR count). The van der Waals surface area contributed by atoms with Crippen molar-refractivity contribution in [3.63, 3.8) is 0 Å². The van der Waals surface area contributed by atoms with Crippen LogP contribution in [0.2, 0.25) is 0 Å². The summed E-state index contributed by atoms with van der Waals surface area (Å²) in [7, 11) is 0. The van der Waals surface area contributed by atoms with Gasteiger partial charge < -0.3 is 14.8 Å². The second kappa shape index (κ2) is 8.44. The number of nitriles is 1. The van der Waals surface area contributed by atoms with Crippen LogP contribution in [-0.4, -0.2) is 28.7 Å². The van der Waals surface area contributed by atoms with Gasteiger partial charge in [-0.05, 0) is 46.8 Å². The molecule has 6 nitrogen and oxygen atoms in total. The van der Waals surface area contributed by atoms with E-state index in [1.807, 2.05) is 50.4 Å². The number of thiazole rings is 1. The number of ether oxygens (including phenoxy) is 2. The monoisotopic (exact) mass is 396 g/mol. The third kappa shape index (κ3) is 4.34. The Bertz CT molecular complexity index is 1020. The predicted octanol–water partition coefficient (Wildman–Crippen LogP) is 5.18. The molecule has 0 fully saturated rings. The van der Waals surface area contributed by atoms with Gasteiger partial charge in [-0.3, -0.25) is 0 Å². The molecule has 28 heavy (non-hydrogen) atoms. The molecular formula is C21H24N4O2S. The van der Waals surface area contributed by atoms with Crippen LogP contribution in [0.25, 0.3) is 22.3 Å². The lowest BCUT2D eigenvalue weighted by Gasteiger charge is -2.16. The molecular weight excluding hydrogens is 372 g/mol. The zero-order valence-electron chi connectivity index (χ0n) is 16.7. The van der Waals surface area contributed by atoms with Gasteiger partial charge in [-0.15, -0.1) is 11.3 Å². The number of aromatic nitrogens is 2. The van der Waals surface area contributed by atoms with Crippen LogP contribution in [0.1, 0.15) is 33.3 Å². The van der Waals surface area contributed by atoms with E-state index in [2.05, 4.69) is 24.1 Å². The number of rotatable bonds is 7. The predicted molar refractivity (Wildman–Crippen MR) is 113 cm³/mol. The highest BCUT2D eigenvalue weighted by Gasteiger charge is 2.16. The summed E-state index contributed by atoms with van der Waals surface area (Å²) < 4.78 is 11.6. The van der Waals surface area contributed by atoms with Crippen molar-refractivity contribution < 1.29 is 9.47 Å². The molecule has 0 aliphatic rings. The second-order valence-electron chi connectivity index (χ2n) is 7.04. The Labute approximate surface area is 169 Å². The smallest absolute Gasteiger partial charge is 0.183 e. The summed E-state index contributed by atoms with van der Waals surface area (Å²) in [5.74, 6) is 1.41. The number of hydrogen-bond donors (Lipinski definition) is 1. The molecule has 1 N–H and O–H groups in total. The number of benzene rings is 1. The molecule has 0 radical (unpaired) electrons. The third-order valence-corrected chi connectivity index (χ3v) is 4.75. The van der Waals surface area contributed by atoms with E-state index in [1.54, 1.807) is 11.3 Å². The van der Waals surface area contributed by atoms with Gasteiger partial charge in [0.2, 0.25) is 0 Å². The summed E-state index contributed by atoms with van der Waals surface area (Å²) in [6.07, 6.45) is 0.0295. The van der Waals surface area contributed by atoms with E-state index in [0.29, 0.717) is 11.8 Å². The van der Waals surface area contributed by atoms with E-state index in [0.717, 1.165) is 38.7 Å². The van der Waals surface area contributed by atoms with Crippen LogP contribution in [0.5, 0.6) is 11.5 Å². The maximum absolute atomic E-state index is 8.81. The topological polar surface area (TPSA) is 80.1 Å². The van der Waals surface area contributed by atoms with E-state index >= 15 is 0 Å². The van der Waals surface area contributed by atoms with Gasteiger partial charge in [0.05, 0.1) is 17.3 Å². The summed E-state index contributed by atoms with van der Waals surface area (Å²) in [6.45, 7) is 10.1. The quantitative estimate of drug-likeness (QED) is 0.593. The lowest BCUT2D eigenvalue weighted by Crippen LogP contribution is -2.09. The lowest BCUT2D eigenvalue weighted by molar-refractivity contribution is 0.245. The minimum absolute atomic E-state index is 0.00228. The summed E-state index contributed by atoms with van der Waals surface area (Å²) in [4.78, 5) is 9.51. The van der Waals surface area contributed by atoms with Gasteiger partial charge in [0.15, 0.2) is 11.7 Å². The van der Waals surface area contributed by atoms with Crippen LogP contribution < -0.4 is 14.8 Å². The van der Waals surface area contributed by atoms with E-state index < -0.39 is 0 Å². The molecule has 2 heterocycles. The molecule has 0 aliphatic heterocycles. The molecule has 0 aliphatic carbocycles. The minimum atomic E-state index is -0.00228. The lowest BCUT2D eigenvalue weighted by atomic mass is 10.1. The Morgan fingerprint density at radius 3 is 2.61 bits per heavy atom. The first-order valence-corrected chi connectivity index (χ1v) is 10.1. The molecule has 7 heteroatoms. The standard InChI is InChI=1S/C21H24N4O2S/c1-12(2)23-21-25-17(11-28-21)16-10-19(27-13(3)4)15-6-7-18(26-9-8-22)14(5)20(15)24-16/h6-7,10-13H,9H2,1-5H3,(H,23,25). The van der Waals surface area contributed by atoms with Gasteiger partial charge in [0.25, 0.3) is 0 Å². The molecule has 0 unspecified atom stereocenters. The van der Waals surface area contributed by atoms with Gasteiger partial charge in [-0.1, -0.05) is 0 Å². The SMILES string of the molecule is Cc1c(OCC#N)ccc2c(OC(C)C)cc(-c3csc(NC(C)C)n3)nc12. The highest BCUT2D eigenvalue weighted by molar-refractivity contribution is 7.14. The van der Waals surface area contributed by atoms with E-state index in [1.165, 1.54) is 0 Å². The maximum atomic E-state index is 8.81. The number of hydrogen-bond acceptors (Lipinski definition) is 7. The number of aryl methyl sites for hydroxylation is 1. The first kappa shape index (κ1) is 19.9. The molecule has 0 amide bonds. The fourth-order valence-electron chi connectivity index (χ4n) is 2.83. The third-order valence-electron chi connectivity index (χ3n) is 3.98. The number of anilines is 1. The molecule has 3 aromatic rings. The van der Waals surface area contributed by atoms with E-state index in [9.17, 15) is 0 Å². The molecule has 1 aromatic carbocycles. The summed E-state index contributed by atoms with van der Waals surface area (Å²) in [5.41, 5.74) is 3.21. The highest BCUT2D eigenvalue weighted by atomic mass is 32.1. The molecule has 0 atom stereocenters. The summed E-state index contributed by atoms with van der Waals surface area (Å²) in [6, 6.07) is 8.03. The zero-order chi connectivity index (χ0) is 20.3. The van der Waals surface area contributed by atoms with Crippen molar-refractivity contribution in [3.05, 3.63) is 29.1 Å². The number of fused-ring (bicyclic) bond motifs is 1. The molecule has 2 aromatic heterocycles. The second-order valence-corrected chi connectivity index (χ2v) is 7.90. The number of nitrogens with zero attached hydrogens (tertiary/aromatic N) is 3. The Morgan fingerprint density at radius 2 is 1.93 bits per heavy atom. The van der Waals surface area contributed by atoms with Crippen LogP contribution in [-0.2, 0) is 0 Å². The van der Waals surface area contributed by atoms with Gasteiger partial charge >= 0.3 is 0 Å². The Morgan fingerprint density at radius 1 is 1.14 bits per heavy atom. The van der Waals surface area contributed by atoms with Crippen molar-refractivity contribution >= 4 is 27.4 Å². The fraction of sp³-hybridized carbons (Fsp3) is 0.381. The van der Waals surface area contributed by atoms with Gasteiger partial charge in [-0.25, -0.2) is 9.97 Å². The zero-order valence-corrected chi connectivity index (χ0v) is 17.6. The fourth-order valence-corrected chi connectivity index (χ4v) is 3.68. The van der Waals surface area contributed by atoms with Gasteiger partial charge in [0.1, 0.15) is 23.3 Å². The highest BCUT2D eigenvalue weighted by Crippen LogP contribution is 2.36. The van der Waals surface area contributed by atoms with Crippen LogP contribution in [0, 0.1) is 18.3 Å². The van der Waals surface area contributed by atoms with Crippen LogP contribution in [0.15, 0.2) is 23.6 Å². The average Bonchev–Trinajstić information content (AvgIpc) is 3.08. The van der Waals surface area contributed by atoms with Crippen LogP contribution in [0.4, 0.5) is 5.13 Å². The van der Waals surface area contributed by atoms with Crippen molar-refractivity contribution in [2.45, 2.75) is 46.8 Å². The summed E-state index contributed by atoms with van der Waals surface area (Å²) in [5, 5.41) is 15.9. The van der Waals surface area contributed by atoms with Crippen molar-refractivity contribution in [2.75, 3.05) is 11.9 Å². The first-order chi connectivity index (χ1) is 13.4. The summed E-state index contributed by atoms with van der Waals surface area (Å²) >= 11 is 1.55. The Kier molecular flexibility index (Phi) is 6.00. The molecule has 146 valence electrons. The Hall–Kier alpha value is -2.85. The Balaban J connectivity index is 2.13. The average molecular weight is 397 g/mol. The van der Waals surface area contributed by atoms with Crippen LogP contribution >= 0.6 is 11.3 Å². The molecule has 0 saturated carbocycles.